The van der Waals surface area contributed by atoms with Crippen LogP contribution in [0.25, 0.3) is 11.0 Å². The number of fused-ring (bicyclic) bond motifs is 1. The molecule has 0 saturated heterocycles. The van der Waals surface area contributed by atoms with E-state index in [1.807, 2.05) is 12.1 Å². The molecule has 0 saturated carbocycles. The highest BCUT2D eigenvalue weighted by Gasteiger charge is 2.13. The van der Waals surface area contributed by atoms with Gasteiger partial charge in [0, 0.05) is 0 Å². The molecule has 0 aliphatic heterocycles. The molecule has 0 bridgehead atoms. The Hall–Kier alpha value is -1.84. The van der Waals surface area contributed by atoms with Crippen molar-refractivity contribution in [2.24, 2.45) is 0 Å². The van der Waals surface area contributed by atoms with Gasteiger partial charge in [0.05, 0.1) is 23.3 Å². The van der Waals surface area contributed by atoms with Gasteiger partial charge in [-0.15, -0.1) is 0 Å². The van der Waals surface area contributed by atoms with Crippen LogP contribution in [0.3, 0.4) is 0 Å². The summed E-state index contributed by atoms with van der Waals surface area (Å²) in [5, 5.41) is 8.83. The molecular weight excluding hydrogens is 180 g/mol. The van der Waals surface area contributed by atoms with Crippen LogP contribution in [-0.4, -0.2) is 21.0 Å². The molecule has 1 aromatic heterocycles. The molecule has 2 aromatic rings. The van der Waals surface area contributed by atoms with E-state index >= 15 is 0 Å². The van der Waals surface area contributed by atoms with Crippen LogP contribution in [0.15, 0.2) is 24.5 Å². The first-order valence-electron chi connectivity index (χ1n) is 4.34. The molecule has 0 aliphatic rings. The summed E-state index contributed by atoms with van der Waals surface area (Å²) in [7, 11) is 0. The number of nitrogens with one attached hydrogen (secondary N) is 1. The summed E-state index contributed by atoms with van der Waals surface area (Å²) in [6.45, 7) is 1.67. The van der Waals surface area contributed by atoms with Crippen LogP contribution in [0.2, 0.25) is 0 Å². The molecule has 0 fully saturated rings. The third-order valence-electron chi connectivity index (χ3n) is 2.31. The van der Waals surface area contributed by atoms with E-state index in [1.165, 1.54) is 0 Å². The van der Waals surface area contributed by atoms with E-state index in [1.54, 1.807) is 19.3 Å². The maximum Gasteiger partial charge on any atom is 0.310 e. The van der Waals surface area contributed by atoms with Gasteiger partial charge in [-0.3, -0.25) is 4.79 Å². The molecule has 14 heavy (non-hydrogen) atoms. The zero-order chi connectivity index (χ0) is 10.1. The Balaban J connectivity index is 2.48. The lowest BCUT2D eigenvalue weighted by Gasteiger charge is -2.05. The van der Waals surface area contributed by atoms with Crippen molar-refractivity contribution in [3.63, 3.8) is 0 Å². The van der Waals surface area contributed by atoms with Crippen molar-refractivity contribution < 1.29 is 9.90 Å². The minimum absolute atomic E-state index is 0.484. The van der Waals surface area contributed by atoms with Gasteiger partial charge < -0.3 is 10.1 Å². The fourth-order valence-electron chi connectivity index (χ4n) is 1.37. The molecule has 2 rings (SSSR count). The third kappa shape index (κ3) is 1.35. The van der Waals surface area contributed by atoms with Crippen molar-refractivity contribution in [1.29, 1.82) is 0 Å². The number of imidazole rings is 1. The normalized spacial score (nSPS) is 12.9. The first-order chi connectivity index (χ1) is 6.68. The van der Waals surface area contributed by atoms with Crippen LogP contribution >= 0.6 is 0 Å². The second kappa shape index (κ2) is 3.14. The molecule has 72 valence electrons. The number of nitrogens with zero attached hydrogens (tertiary/aromatic N) is 1. The fourth-order valence-corrected chi connectivity index (χ4v) is 1.37. The van der Waals surface area contributed by atoms with E-state index in [0.29, 0.717) is 0 Å². The minimum Gasteiger partial charge on any atom is -0.481 e. The number of aromatic amines is 1. The van der Waals surface area contributed by atoms with E-state index in [9.17, 15) is 4.79 Å². The Bertz CT molecular complexity index is 476. The predicted molar refractivity (Wildman–Crippen MR) is 52.1 cm³/mol. The SMILES string of the molecule is CC(C(=O)O)c1ccc2nc[nH]c2c1. The van der Waals surface area contributed by atoms with E-state index in [2.05, 4.69) is 9.97 Å². The summed E-state index contributed by atoms with van der Waals surface area (Å²) < 4.78 is 0. The van der Waals surface area contributed by atoms with Crippen LogP contribution in [0.5, 0.6) is 0 Å². The molecule has 0 amide bonds. The van der Waals surface area contributed by atoms with Gasteiger partial charge in [0.2, 0.25) is 0 Å². The number of carboxylic acids is 1. The molecule has 0 aliphatic carbocycles. The van der Waals surface area contributed by atoms with Gasteiger partial charge in [-0.25, -0.2) is 4.98 Å². The third-order valence-corrected chi connectivity index (χ3v) is 2.31. The quantitative estimate of drug-likeness (QED) is 0.758. The average molecular weight is 190 g/mol. The molecule has 1 heterocycles. The zero-order valence-electron chi connectivity index (χ0n) is 7.69. The number of aliphatic carboxylic acids is 1. The van der Waals surface area contributed by atoms with Crippen LogP contribution in [-0.2, 0) is 4.79 Å². The number of carboxylic acid groups (broad SMARTS) is 1. The number of aromatic nitrogens is 2. The lowest BCUT2D eigenvalue weighted by molar-refractivity contribution is -0.138. The second-order valence-electron chi connectivity index (χ2n) is 3.24. The van der Waals surface area contributed by atoms with E-state index in [-0.39, 0.29) is 0 Å². The maximum atomic E-state index is 10.7. The summed E-state index contributed by atoms with van der Waals surface area (Å²) in [4.78, 5) is 17.8. The first-order valence-corrected chi connectivity index (χ1v) is 4.34. The van der Waals surface area contributed by atoms with Gasteiger partial charge in [0.1, 0.15) is 0 Å². The lowest BCUT2D eigenvalue weighted by Crippen LogP contribution is -2.06. The first kappa shape index (κ1) is 8.74. The minimum atomic E-state index is -0.816. The molecule has 2 N–H and O–H groups in total. The van der Waals surface area contributed by atoms with Gasteiger partial charge in [0.15, 0.2) is 0 Å². The number of hydrogen-bond donors (Lipinski definition) is 2. The number of H-pyrrole nitrogens is 1. The topological polar surface area (TPSA) is 66.0 Å². The smallest absolute Gasteiger partial charge is 0.310 e. The highest BCUT2D eigenvalue weighted by molar-refractivity contribution is 5.80. The van der Waals surface area contributed by atoms with Gasteiger partial charge in [-0.2, -0.15) is 0 Å². The summed E-state index contributed by atoms with van der Waals surface area (Å²) in [5.74, 6) is -1.30. The van der Waals surface area contributed by atoms with E-state index in [0.717, 1.165) is 16.6 Å². The van der Waals surface area contributed by atoms with Gasteiger partial charge in [0.25, 0.3) is 0 Å². The highest BCUT2D eigenvalue weighted by atomic mass is 16.4. The van der Waals surface area contributed by atoms with Crippen LogP contribution in [0.1, 0.15) is 18.4 Å². The van der Waals surface area contributed by atoms with Gasteiger partial charge in [-0.05, 0) is 24.6 Å². The van der Waals surface area contributed by atoms with Crippen LogP contribution in [0.4, 0.5) is 0 Å². The van der Waals surface area contributed by atoms with Crippen LogP contribution < -0.4 is 0 Å². The van der Waals surface area contributed by atoms with Crippen molar-refractivity contribution in [2.45, 2.75) is 12.8 Å². The van der Waals surface area contributed by atoms with E-state index in [4.69, 9.17) is 5.11 Å². The summed E-state index contributed by atoms with van der Waals surface area (Å²) in [6.07, 6.45) is 1.60. The van der Waals surface area contributed by atoms with Crippen molar-refractivity contribution in [3.8, 4) is 0 Å². The largest absolute Gasteiger partial charge is 0.481 e. The summed E-state index contributed by atoms with van der Waals surface area (Å²) >= 11 is 0. The number of carbonyl (C=O) groups is 1. The monoisotopic (exact) mass is 190 g/mol. The Morgan fingerprint density at radius 1 is 1.57 bits per heavy atom. The Labute approximate surface area is 80.6 Å². The summed E-state index contributed by atoms with van der Waals surface area (Å²) in [6, 6.07) is 5.43. The molecule has 1 atom stereocenters. The number of rotatable bonds is 2. The van der Waals surface area contributed by atoms with Crippen molar-refractivity contribution in [3.05, 3.63) is 30.1 Å². The molecule has 0 spiro atoms. The molecule has 1 unspecified atom stereocenters. The van der Waals surface area contributed by atoms with Gasteiger partial charge in [-0.1, -0.05) is 6.07 Å². The van der Waals surface area contributed by atoms with E-state index < -0.39 is 11.9 Å². The molecule has 0 radical (unpaired) electrons. The van der Waals surface area contributed by atoms with Crippen molar-refractivity contribution >= 4 is 17.0 Å². The number of benzene rings is 1. The fraction of sp³-hybridized carbons (Fsp3) is 0.200. The maximum absolute atomic E-state index is 10.7. The highest BCUT2D eigenvalue weighted by Crippen LogP contribution is 2.19. The lowest BCUT2D eigenvalue weighted by atomic mass is 10.0. The zero-order valence-corrected chi connectivity index (χ0v) is 7.69. The Kier molecular flexibility index (Phi) is 1.96. The van der Waals surface area contributed by atoms with Crippen LogP contribution in [0, 0.1) is 0 Å². The predicted octanol–water partition coefficient (Wildman–Crippen LogP) is 1.75. The standard InChI is InChI=1S/C10H10N2O2/c1-6(10(13)14)7-2-3-8-9(4-7)12-5-11-8/h2-6H,1H3,(H,11,12)(H,13,14). The molecule has 1 aromatic carbocycles. The van der Waals surface area contributed by atoms with Gasteiger partial charge >= 0.3 is 5.97 Å². The summed E-state index contributed by atoms with van der Waals surface area (Å²) in [5.41, 5.74) is 2.51. The second-order valence-corrected chi connectivity index (χ2v) is 3.24. The number of hydrogen-bond acceptors (Lipinski definition) is 2. The average Bonchev–Trinajstić information content (AvgIpc) is 2.62. The van der Waals surface area contributed by atoms with Crippen molar-refractivity contribution in [1.82, 2.24) is 9.97 Å². The molecule has 4 nitrogen and oxygen atoms in total. The molecule has 4 heteroatoms. The molecular formula is C10H10N2O2. The van der Waals surface area contributed by atoms with Crippen molar-refractivity contribution in [2.75, 3.05) is 0 Å². The Morgan fingerprint density at radius 2 is 2.36 bits per heavy atom. The Morgan fingerprint density at radius 3 is 3.07 bits per heavy atom.